The van der Waals surface area contributed by atoms with E-state index in [1.165, 1.54) is 12.0 Å². The fourth-order valence-corrected chi connectivity index (χ4v) is 2.40. The fraction of sp³-hybridized carbons (Fsp3) is 0.429. The average molecular weight is 273 g/mol. The molecule has 0 bridgehead atoms. The van der Waals surface area contributed by atoms with Crippen molar-refractivity contribution in [1.29, 1.82) is 0 Å². The Bertz CT molecular complexity index is 556. The summed E-state index contributed by atoms with van der Waals surface area (Å²) in [4.78, 5) is 8.75. The fourth-order valence-electron chi connectivity index (χ4n) is 2.40. The van der Waals surface area contributed by atoms with Gasteiger partial charge in [-0.05, 0) is 19.3 Å². The summed E-state index contributed by atoms with van der Waals surface area (Å²) in [6, 6.07) is 0. The number of imidazole rings is 1. The molecule has 106 valence electrons. The molecule has 2 aliphatic rings. The van der Waals surface area contributed by atoms with Crippen molar-refractivity contribution in [3.8, 4) is 0 Å². The van der Waals surface area contributed by atoms with E-state index < -0.39 is 0 Å². The van der Waals surface area contributed by atoms with Gasteiger partial charge in [-0.1, -0.05) is 6.08 Å². The summed E-state index contributed by atoms with van der Waals surface area (Å²) in [7, 11) is 1.70. The third-order valence-corrected chi connectivity index (χ3v) is 3.40. The minimum atomic E-state index is 0.666. The molecule has 3 rings (SSSR count). The van der Waals surface area contributed by atoms with Crippen LogP contribution in [0.2, 0.25) is 0 Å². The number of hydrogen-bond donors (Lipinski definition) is 2. The first-order chi connectivity index (χ1) is 9.88. The molecule has 1 aromatic rings. The minimum absolute atomic E-state index is 0.666. The molecule has 20 heavy (non-hydrogen) atoms. The molecule has 6 nitrogen and oxygen atoms in total. The second kappa shape index (κ2) is 5.92. The van der Waals surface area contributed by atoms with E-state index in [0.29, 0.717) is 6.61 Å². The third kappa shape index (κ3) is 2.60. The van der Waals surface area contributed by atoms with Crippen molar-refractivity contribution in [1.82, 2.24) is 20.2 Å². The number of hydrogen-bond acceptors (Lipinski definition) is 5. The first-order valence-corrected chi connectivity index (χ1v) is 6.89. The first kappa shape index (κ1) is 12.9. The van der Waals surface area contributed by atoms with Gasteiger partial charge >= 0.3 is 0 Å². The summed E-state index contributed by atoms with van der Waals surface area (Å²) < 4.78 is 6.97. The summed E-state index contributed by atoms with van der Waals surface area (Å²) in [5, 5.41) is 6.75. The Morgan fingerprint density at radius 2 is 2.45 bits per heavy atom. The lowest BCUT2D eigenvalue weighted by atomic mass is 9.97. The monoisotopic (exact) mass is 273 g/mol. The molecular formula is C14H19N5O. The first-order valence-electron chi connectivity index (χ1n) is 6.89. The van der Waals surface area contributed by atoms with Crippen molar-refractivity contribution >= 4 is 5.96 Å². The second-order valence-corrected chi connectivity index (χ2v) is 4.79. The number of rotatable bonds is 4. The van der Waals surface area contributed by atoms with Crippen LogP contribution in [0.3, 0.4) is 0 Å². The number of fused-ring (bicyclic) bond motifs is 1. The lowest BCUT2D eigenvalue weighted by molar-refractivity contribution is 0.201. The van der Waals surface area contributed by atoms with Crippen molar-refractivity contribution in [3.63, 3.8) is 0 Å². The third-order valence-electron chi connectivity index (χ3n) is 3.40. The SMILES string of the molecule is COCCNC1=C2CCCC=C2NC(n2ccnc2)=N1. The summed E-state index contributed by atoms with van der Waals surface area (Å²) in [6.07, 6.45) is 10.9. The van der Waals surface area contributed by atoms with Crippen LogP contribution >= 0.6 is 0 Å². The number of aliphatic imine (C=N–C) groups is 1. The minimum Gasteiger partial charge on any atom is -0.383 e. The van der Waals surface area contributed by atoms with Crippen molar-refractivity contribution in [3.05, 3.63) is 41.9 Å². The van der Waals surface area contributed by atoms with E-state index in [4.69, 9.17) is 4.74 Å². The average Bonchev–Trinajstić information content (AvgIpc) is 3.01. The molecule has 1 aromatic heterocycles. The summed E-state index contributed by atoms with van der Waals surface area (Å²) >= 11 is 0. The Hall–Kier alpha value is -2.08. The van der Waals surface area contributed by atoms with Crippen molar-refractivity contribution < 1.29 is 4.74 Å². The smallest absolute Gasteiger partial charge is 0.214 e. The maximum Gasteiger partial charge on any atom is 0.214 e. The maximum atomic E-state index is 5.09. The molecule has 0 saturated carbocycles. The van der Waals surface area contributed by atoms with Gasteiger partial charge in [-0.3, -0.25) is 4.57 Å². The van der Waals surface area contributed by atoms with Crippen LogP contribution < -0.4 is 10.6 Å². The molecule has 2 N–H and O–H groups in total. The highest BCUT2D eigenvalue weighted by atomic mass is 16.5. The number of ether oxygens (including phenoxy) is 1. The van der Waals surface area contributed by atoms with E-state index in [1.54, 1.807) is 19.6 Å². The molecule has 2 heterocycles. The van der Waals surface area contributed by atoms with E-state index in [1.807, 2.05) is 10.8 Å². The molecule has 1 aliphatic heterocycles. The molecule has 0 spiro atoms. The van der Waals surface area contributed by atoms with Crippen molar-refractivity contribution in [2.75, 3.05) is 20.3 Å². The van der Waals surface area contributed by atoms with Crippen LogP contribution in [0.25, 0.3) is 0 Å². The molecule has 0 amide bonds. The van der Waals surface area contributed by atoms with Crippen LogP contribution in [0.15, 0.2) is 46.9 Å². The Morgan fingerprint density at radius 1 is 1.50 bits per heavy atom. The Balaban J connectivity index is 1.89. The molecule has 0 aromatic carbocycles. The predicted octanol–water partition coefficient (Wildman–Crippen LogP) is 1.21. The van der Waals surface area contributed by atoms with Crippen LogP contribution in [0.4, 0.5) is 0 Å². The van der Waals surface area contributed by atoms with Crippen LogP contribution in [-0.2, 0) is 4.74 Å². The summed E-state index contributed by atoms with van der Waals surface area (Å²) in [6.45, 7) is 1.42. The quantitative estimate of drug-likeness (QED) is 0.809. The highest BCUT2D eigenvalue weighted by Crippen LogP contribution is 2.27. The molecular weight excluding hydrogens is 254 g/mol. The summed E-state index contributed by atoms with van der Waals surface area (Å²) in [5.74, 6) is 1.72. The van der Waals surface area contributed by atoms with E-state index in [9.17, 15) is 0 Å². The topological polar surface area (TPSA) is 63.5 Å². The van der Waals surface area contributed by atoms with Gasteiger partial charge in [0.2, 0.25) is 5.96 Å². The number of allylic oxidation sites excluding steroid dienone is 2. The number of nitrogens with one attached hydrogen (secondary N) is 2. The molecule has 6 heteroatoms. The van der Waals surface area contributed by atoms with Gasteiger partial charge in [0, 0.05) is 37.3 Å². The highest BCUT2D eigenvalue weighted by molar-refractivity contribution is 5.87. The maximum absolute atomic E-state index is 5.09. The van der Waals surface area contributed by atoms with Gasteiger partial charge in [0.05, 0.1) is 6.61 Å². The van der Waals surface area contributed by atoms with Crippen LogP contribution in [0, 0.1) is 0 Å². The van der Waals surface area contributed by atoms with E-state index in [2.05, 4.69) is 26.7 Å². The number of nitrogens with zero attached hydrogens (tertiary/aromatic N) is 3. The lowest BCUT2D eigenvalue weighted by Crippen LogP contribution is -2.36. The molecule has 0 radical (unpaired) electrons. The van der Waals surface area contributed by atoms with E-state index in [-0.39, 0.29) is 0 Å². The van der Waals surface area contributed by atoms with Crippen LogP contribution in [-0.4, -0.2) is 35.8 Å². The van der Waals surface area contributed by atoms with Gasteiger partial charge in [-0.15, -0.1) is 0 Å². The van der Waals surface area contributed by atoms with Crippen LogP contribution in [0.1, 0.15) is 19.3 Å². The molecule has 1 aliphatic carbocycles. The normalized spacial score (nSPS) is 18.1. The predicted molar refractivity (Wildman–Crippen MR) is 77.0 cm³/mol. The van der Waals surface area contributed by atoms with Gasteiger partial charge < -0.3 is 15.4 Å². The zero-order valence-electron chi connectivity index (χ0n) is 11.6. The van der Waals surface area contributed by atoms with E-state index in [0.717, 1.165) is 36.9 Å². The zero-order chi connectivity index (χ0) is 13.8. The van der Waals surface area contributed by atoms with Gasteiger partial charge in [-0.25, -0.2) is 4.98 Å². The molecule has 0 unspecified atom stereocenters. The zero-order valence-corrected chi connectivity index (χ0v) is 11.6. The van der Waals surface area contributed by atoms with Gasteiger partial charge in [-0.2, -0.15) is 4.99 Å². The van der Waals surface area contributed by atoms with Gasteiger partial charge in [0.15, 0.2) is 0 Å². The van der Waals surface area contributed by atoms with Crippen molar-refractivity contribution in [2.24, 2.45) is 4.99 Å². The largest absolute Gasteiger partial charge is 0.383 e. The summed E-state index contributed by atoms with van der Waals surface area (Å²) in [5.41, 5.74) is 2.42. The Kier molecular flexibility index (Phi) is 3.83. The molecule has 0 fully saturated rings. The second-order valence-electron chi connectivity index (χ2n) is 4.79. The molecule has 0 atom stereocenters. The van der Waals surface area contributed by atoms with Crippen molar-refractivity contribution in [2.45, 2.75) is 19.3 Å². The van der Waals surface area contributed by atoms with Crippen LogP contribution in [0.5, 0.6) is 0 Å². The number of aromatic nitrogens is 2. The lowest BCUT2D eigenvalue weighted by Gasteiger charge is -2.26. The van der Waals surface area contributed by atoms with Gasteiger partial charge in [0.25, 0.3) is 0 Å². The standard InChI is InChI=1S/C14H19N5O/c1-20-9-7-16-13-11-4-2-3-5-12(11)17-14(18-13)19-8-6-15-10-19/h5-6,8,10,16H,2-4,7,9H2,1H3,(H,17,18). The van der Waals surface area contributed by atoms with Gasteiger partial charge in [0.1, 0.15) is 12.1 Å². The Labute approximate surface area is 118 Å². The molecule has 0 saturated heterocycles. The Morgan fingerprint density at radius 3 is 3.25 bits per heavy atom. The van der Waals surface area contributed by atoms with E-state index >= 15 is 0 Å². The number of methoxy groups -OCH3 is 1. The highest BCUT2D eigenvalue weighted by Gasteiger charge is 2.21.